The van der Waals surface area contributed by atoms with E-state index in [-0.39, 0.29) is 17.3 Å². The van der Waals surface area contributed by atoms with Gasteiger partial charge in [0.2, 0.25) is 5.91 Å². The maximum Gasteiger partial charge on any atom is 0.235 e. The highest BCUT2D eigenvalue weighted by Crippen LogP contribution is 2.31. The van der Waals surface area contributed by atoms with E-state index >= 15 is 0 Å². The Kier molecular flexibility index (Phi) is 4.79. The van der Waals surface area contributed by atoms with Crippen LogP contribution in [0.1, 0.15) is 47.4 Å². The summed E-state index contributed by atoms with van der Waals surface area (Å²) in [6.45, 7) is 4.63. The quantitative estimate of drug-likeness (QED) is 0.869. The van der Waals surface area contributed by atoms with E-state index in [1.165, 1.54) is 4.57 Å². The fourth-order valence-corrected chi connectivity index (χ4v) is 3.06. The summed E-state index contributed by atoms with van der Waals surface area (Å²) in [5.41, 5.74) is 2.62. The summed E-state index contributed by atoms with van der Waals surface area (Å²) in [5.74, 6) is 0.646. The maximum absolute atomic E-state index is 12.3. The average molecular weight is 338 g/mol. The first kappa shape index (κ1) is 17.1. The van der Waals surface area contributed by atoms with Crippen molar-refractivity contribution in [2.45, 2.75) is 33.1 Å². The Morgan fingerprint density at radius 2 is 2.24 bits per heavy atom. The number of aromatic nitrogens is 2. The first-order valence-corrected chi connectivity index (χ1v) is 8.58. The highest BCUT2D eigenvalue weighted by Gasteiger charge is 2.21. The lowest BCUT2D eigenvalue weighted by Gasteiger charge is -2.30. The molecule has 1 N–H and O–H groups in total. The Balaban J connectivity index is 1.97. The van der Waals surface area contributed by atoms with Gasteiger partial charge in [0.1, 0.15) is 11.3 Å². The fraction of sp³-hybridized carbons (Fsp3) is 0.368. The minimum Gasteiger partial charge on any atom is -0.326 e. The SMILES string of the molecule is CCC(C)C(=O)n1ccc(N2CCCc3cc(C=O)cnc32)cc1=N. The van der Waals surface area contributed by atoms with Crippen LogP contribution in [-0.2, 0) is 6.42 Å². The molecule has 1 aliphatic rings. The van der Waals surface area contributed by atoms with E-state index in [4.69, 9.17) is 5.41 Å². The van der Waals surface area contributed by atoms with Crippen molar-refractivity contribution in [1.29, 1.82) is 5.41 Å². The van der Waals surface area contributed by atoms with Gasteiger partial charge in [-0.15, -0.1) is 0 Å². The summed E-state index contributed by atoms with van der Waals surface area (Å²) in [6.07, 6.45) is 6.62. The zero-order valence-electron chi connectivity index (χ0n) is 14.5. The molecule has 1 aliphatic heterocycles. The minimum atomic E-state index is -0.112. The van der Waals surface area contributed by atoms with Gasteiger partial charge in [0.15, 0.2) is 6.29 Å². The van der Waals surface area contributed by atoms with E-state index in [2.05, 4.69) is 4.98 Å². The van der Waals surface area contributed by atoms with Gasteiger partial charge in [-0.1, -0.05) is 13.8 Å². The largest absolute Gasteiger partial charge is 0.326 e. The van der Waals surface area contributed by atoms with Crippen molar-refractivity contribution in [1.82, 2.24) is 9.55 Å². The van der Waals surface area contributed by atoms with Crippen LogP contribution in [-0.4, -0.2) is 28.3 Å². The molecule has 0 bridgehead atoms. The molecule has 1 atom stereocenters. The van der Waals surface area contributed by atoms with E-state index in [0.717, 1.165) is 49.2 Å². The molecular formula is C19H22N4O2. The third-order valence-electron chi connectivity index (χ3n) is 4.71. The number of nitrogens with zero attached hydrogens (tertiary/aromatic N) is 3. The molecule has 0 saturated heterocycles. The first-order chi connectivity index (χ1) is 12.0. The molecule has 3 heterocycles. The molecule has 2 aromatic heterocycles. The van der Waals surface area contributed by atoms with Crippen LogP contribution in [0.5, 0.6) is 0 Å². The number of anilines is 2. The molecule has 6 heteroatoms. The normalized spacial score (nSPS) is 14.7. The number of hydrogen-bond acceptors (Lipinski definition) is 5. The van der Waals surface area contributed by atoms with Crippen molar-refractivity contribution in [3.05, 3.63) is 47.2 Å². The molecule has 0 aliphatic carbocycles. The second-order valence-corrected chi connectivity index (χ2v) is 6.41. The second-order valence-electron chi connectivity index (χ2n) is 6.41. The van der Waals surface area contributed by atoms with E-state index in [0.29, 0.717) is 5.56 Å². The summed E-state index contributed by atoms with van der Waals surface area (Å²) in [7, 11) is 0. The average Bonchev–Trinajstić information content (AvgIpc) is 2.65. The third-order valence-corrected chi connectivity index (χ3v) is 4.71. The smallest absolute Gasteiger partial charge is 0.235 e. The number of fused-ring (bicyclic) bond motifs is 1. The van der Waals surface area contributed by atoms with Gasteiger partial charge < -0.3 is 4.90 Å². The third kappa shape index (κ3) is 3.24. The number of aryl methyl sites for hydroxylation is 1. The van der Waals surface area contributed by atoms with Crippen molar-refractivity contribution >= 4 is 23.7 Å². The Hall–Kier alpha value is -2.76. The second kappa shape index (κ2) is 7.01. The van der Waals surface area contributed by atoms with Gasteiger partial charge in [-0.2, -0.15) is 0 Å². The molecule has 0 spiro atoms. The highest BCUT2D eigenvalue weighted by molar-refractivity contribution is 5.81. The van der Waals surface area contributed by atoms with Gasteiger partial charge in [0.05, 0.1) is 0 Å². The van der Waals surface area contributed by atoms with Gasteiger partial charge >= 0.3 is 0 Å². The van der Waals surface area contributed by atoms with Crippen molar-refractivity contribution in [3.8, 4) is 0 Å². The number of pyridine rings is 2. The summed E-state index contributed by atoms with van der Waals surface area (Å²) in [4.78, 5) is 29.8. The number of nitrogens with one attached hydrogen (secondary N) is 1. The molecule has 0 fully saturated rings. The first-order valence-electron chi connectivity index (χ1n) is 8.58. The van der Waals surface area contributed by atoms with Crippen LogP contribution in [0.25, 0.3) is 0 Å². The topological polar surface area (TPSA) is 79.1 Å². The Bertz CT molecular complexity index is 872. The van der Waals surface area contributed by atoms with Crippen LogP contribution in [0.3, 0.4) is 0 Å². The van der Waals surface area contributed by atoms with E-state index in [1.807, 2.05) is 30.9 Å². The lowest BCUT2D eigenvalue weighted by atomic mass is 10.0. The van der Waals surface area contributed by atoms with Crippen molar-refractivity contribution in [3.63, 3.8) is 0 Å². The standard InChI is InChI=1S/C19H22N4O2/c1-3-13(2)19(25)23-8-6-16(10-17(23)20)22-7-4-5-15-9-14(12-24)11-21-18(15)22/h6,8-13,20H,3-5,7H2,1-2H3. The van der Waals surface area contributed by atoms with E-state index in [1.54, 1.807) is 18.5 Å². The summed E-state index contributed by atoms with van der Waals surface area (Å²) < 4.78 is 1.39. The van der Waals surface area contributed by atoms with Crippen molar-refractivity contribution < 1.29 is 9.59 Å². The lowest BCUT2D eigenvalue weighted by molar-refractivity contribution is 0.0835. The molecule has 3 rings (SSSR count). The predicted molar refractivity (Wildman–Crippen MR) is 95.3 cm³/mol. The molecule has 0 amide bonds. The number of rotatable bonds is 4. The number of hydrogen-bond donors (Lipinski definition) is 1. The summed E-state index contributed by atoms with van der Waals surface area (Å²) >= 11 is 0. The van der Waals surface area contributed by atoms with Crippen molar-refractivity contribution in [2.24, 2.45) is 5.92 Å². The van der Waals surface area contributed by atoms with Crippen LogP contribution in [0, 0.1) is 11.3 Å². The van der Waals surface area contributed by atoms with Crippen LogP contribution in [0.4, 0.5) is 11.5 Å². The summed E-state index contributed by atoms with van der Waals surface area (Å²) in [6, 6.07) is 5.42. The molecule has 0 radical (unpaired) electrons. The molecule has 130 valence electrons. The van der Waals surface area contributed by atoms with Crippen LogP contribution in [0.2, 0.25) is 0 Å². The number of carbonyl (C=O) groups excluding carboxylic acids is 2. The molecule has 25 heavy (non-hydrogen) atoms. The van der Waals surface area contributed by atoms with Gasteiger partial charge in [0.25, 0.3) is 0 Å². The van der Waals surface area contributed by atoms with Gasteiger partial charge in [0, 0.05) is 42.2 Å². The van der Waals surface area contributed by atoms with Crippen LogP contribution >= 0.6 is 0 Å². The Morgan fingerprint density at radius 1 is 1.44 bits per heavy atom. The molecule has 2 aromatic rings. The monoisotopic (exact) mass is 338 g/mol. The zero-order valence-corrected chi connectivity index (χ0v) is 14.5. The Labute approximate surface area is 146 Å². The molecule has 1 unspecified atom stereocenters. The van der Waals surface area contributed by atoms with Gasteiger partial charge in [-0.3, -0.25) is 19.6 Å². The maximum atomic E-state index is 12.3. The van der Waals surface area contributed by atoms with Crippen LogP contribution < -0.4 is 10.4 Å². The Morgan fingerprint density at radius 3 is 2.92 bits per heavy atom. The van der Waals surface area contributed by atoms with Gasteiger partial charge in [-0.25, -0.2) is 4.98 Å². The summed E-state index contributed by atoms with van der Waals surface area (Å²) in [5, 5.41) is 8.23. The number of carbonyl (C=O) groups is 2. The van der Waals surface area contributed by atoms with E-state index < -0.39 is 0 Å². The number of aldehydes is 1. The fourth-order valence-electron chi connectivity index (χ4n) is 3.06. The highest BCUT2D eigenvalue weighted by atomic mass is 16.2. The minimum absolute atomic E-state index is 0.0631. The predicted octanol–water partition coefficient (Wildman–Crippen LogP) is 2.95. The van der Waals surface area contributed by atoms with Crippen molar-refractivity contribution in [2.75, 3.05) is 11.4 Å². The zero-order chi connectivity index (χ0) is 18.0. The molecule has 0 aromatic carbocycles. The molecule has 0 saturated carbocycles. The molecule has 6 nitrogen and oxygen atoms in total. The van der Waals surface area contributed by atoms with Gasteiger partial charge in [-0.05, 0) is 37.0 Å². The van der Waals surface area contributed by atoms with E-state index in [9.17, 15) is 9.59 Å². The van der Waals surface area contributed by atoms with Crippen LogP contribution in [0.15, 0.2) is 30.6 Å². The molecular weight excluding hydrogens is 316 g/mol. The lowest BCUT2D eigenvalue weighted by Crippen LogP contribution is -2.32.